The lowest BCUT2D eigenvalue weighted by molar-refractivity contribution is 0.112. The fraction of sp³-hybridized carbons (Fsp3) is 0.143. The van der Waals surface area contributed by atoms with Crippen LogP contribution in [0.15, 0.2) is 12.3 Å². The minimum Gasteiger partial charge on any atom is -0.506 e. The first kappa shape index (κ1) is 6.74. The number of aromatic hydroxyl groups is 1. The van der Waals surface area contributed by atoms with Crippen molar-refractivity contribution in [2.45, 2.75) is 6.92 Å². The predicted octanol–water partition coefficient (Wildman–Crippen LogP) is 0.908. The normalized spacial score (nSPS) is 9.30. The molecule has 0 aromatic carbocycles. The molecule has 0 unspecified atom stereocenters. The number of aldehydes is 1. The molecule has 10 heavy (non-hydrogen) atoms. The van der Waals surface area contributed by atoms with Crippen molar-refractivity contribution in [2.75, 3.05) is 0 Å². The minimum atomic E-state index is 0.0598. The highest BCUT2D eigenvalue weighted by molar-refractivity contribution is 5.74. The van der Waals surface area contributed by atoms with Gasteiger partial charge >= 0.3 is 0 Å². The molecule has 0 saturated heterocycles. The standard InChI is InChI=1S/C7H7NO2/c1-5-7(10)2-6(4-9)3-8-5/h2-4,10H,1H3. The lowest BCUT2D eigenvalue weighted by Crippen LogP contribution is -1.85. The monoisotopic (exact) mass is 137 g/mol. The summed E-state index contributed by atoms with van der Waals surface area (Å²) in [6.45, 7) is 1.67. The molecule has 1 N–H and O–H groups in total. The molecule has 1 rings (SSSR count). The highest BCUT2D eigenvalue weighted by Crippen LogP contribution is 2.12. The fourth-order valence-corrected chi connectivity index (χ4v) is 0.602. The van der Waals surface area contributed by atoms with Gasteiger partial charge in [0.1, 0.15) is 5.75 Å². The molecule has 0 saturated carbocycles. The topological polar surface area (TPSA) is 50.2 Å². The van der Waals surface area contributed by atoms with Crippen LogP contribution in [0.4, 0.5) is 0 Å². The smallest absolute Gasteiger partial charge is 0.151 e. The molecule has 0 atom stereocenters. The van der Waals surface area contributed by atoms with Gasteiger partial charge in [0, 0.05) is 11.8 Å². The van der Waals surface area contributed by atoms with E-state index < -0.39 is 0 Å². The van der Waals surface area contributed by atoms with Crippen LogP contribution in [0.1, 0.15) is 16.1 Å². The van der Waals surface area contributed by atoms with Crippen molar-refractivity contribution in [2.24, 2.45) is 0 Å². The van der Waals surface area contributed by atoms with Crippen molar-refractivity contribution >= 4 is 6.29 Å². The van der Waals surface area contributed by atoms with Crippen LogP contribution in [-0.4, -0.2) is 16.4 Å². The van der Waals surface area contributed by atoms with Gasteiger partial charge in [-0.05, 0) is 13.0 Å². The maximum atomic E-state index is 10.1. The Bertz CT molecular complexity index is 258. The maximum absolute atomic E-state index is 10.1. The van der Waals surface area contributed by atoms with E-state index in [1.807, 2.05) is 0 Å². The molecule has 0 aliphatic rings. The van der Waals surface area contributed by atoms with Crippen LogP contribution in [0.2, 0.25) is 0 Å². The Balaban J connectivity index is 3.16. The summed E-state index contributed by atoms with van der Waals surface area (Å²) in [5.41, 5.74) is 0.925. The minimum absolute atomic E-state index is 0.0598. The van der Waals surface area contributed by atoms with Crippen LogP contribution in [0, 0.1) is 6.92 Å². The Hall–Kier alpha value is -1.38. The van der Waals surface area contributed by atoms with Gasteiger partial charge in [0.05, 0.1) is 5.69 Å². The zero-order valence-electron chi connectivity index (χ0n) is 5.53. The second kappa shape index (κ2) is 2.47. The zero-order chi connectivity index (χ0) is 7.56. The molecule has 0 spiro atoms. The molecular formula is C7H7NO2. The fourth-order valence-electron chi connectivity index (χ4n) is 0.602. The van der Waals surface area contributed by atoms with Crippen molar-refractivity contribution in [3.63, 3.8) is 0 Å². The average molecular weight is 137 g/mol. The predicted molar refractivity (Wildman–Crippen MR) is 36.0 cm³/mol. The number of pyridine rings is 1. The van der Waals surface area contributed by atoms with Crippen LogP contribution in [0.25, 0.3) is 0 Å². The summed E-state index contributed by atoms with van der Waals surface area (Å²) >= 11 is 0. The summed E-state index contributed by atoms with van der Waals surface area (Å²) in [6.07, 6.45) is 2.06. The van der Waals surface area contributed by atoms with Gasteiger partial charge < -0.3 is 5.11 Å². The van der Waals surface area contributed by atoms with E-state index in [2.05, 4.69) is 4.98 Å². The molecule has 0 amide bonds. The lowest BCUT2D eigenvalue weighted by Gasteiger charge is -1.95. The van der Waals surface area contributed by atoms with Gasteiger partial charge in [-0.15, -0.1) is 0 Å². The molecule has 3 heteroatoms. The third-order valence-electron chi connectivity index (χ3n) is 1.22. The van der Waals surface area contributed by atoms with Gasteiger partial charge in [-0.2, -0.15) is 0 Å². The van der Waals surface area contributed by atoms with Crippen LogP contribution < -0.4 is 0 Å². The Morgan fingerprint density at radius 3 is 2.90 bits per heavy atom. The summed E-state index contributed by atoms with van der Waals surface area (Å²) in [6, 6.07) is 1.38. The van der Waals surface area contributed by atoms with Crippen molar-refractivity contribution in [1.29, 1.82) is 0 Å². The third kappa shape index (κ3) is 1.13. The van der Waals surface area contributed by atoms with Gasteiger partial charge in [-0.25, -0.2) is 0 Å². The Morgan fingerprint density at radius 1 is 1.70 bits per heavy atom. The molecule has 1 aromatic rings. The number of hydrogen-bond donors (Lipinski definition) is 1. The number of carbonyl (C=O) groups is 1. The number of nitrogens with zero attached hydrogens (tertiary/aromatic N) is 1. The van der Waals surface area contributed by atoms with E-state index in [0.717, 1.165) is 0 Å². The molecule has 1 aromatic heterocycles. The molecule has 0 aliphatic heterocycles. The van der Waals surface area contributed by atoms with Crippen LogP contribution >= 0.6 is 0 Å². The SMILES string of the molecule is Cc1ncc(C=O)cc1O. The molecule has 0 aliphatic carbocycles. The van der Waals surface area contributed by atoms with Crippen LogP contribution in [0.3, 0.4) is 0 Å². The first-order chi connectivity index (χ1) is 4.74. The van der Waals surface area contributed by atoms with E-state index in [1.165, 1.54) is 12.3 Å². The Labute approximate surface area is 58.3 Å². The van der Waals surface area contributed by atoms with Crippen molar-refractivity contribution < 1.29 is 9.90 Å². The number of rotatable bonds is 1. The first-order valence-corrected chi connectivity index (χ1v) is 2.85. The highest BCUT2D eigenvalue weighted by Gasteiger charge is 1.96. The second-order valence-electron chi connectivity index (χ2n) is 1.99. The van der Waals surface area contributed by atoms with Gasteiger partial charge in [-0.3, -0.25) is 9.78 Å². The van der Waals surface area contributed by atoms with E-state index in [1.54, 1.807) is 6.92 Å². The number of hydrogen-bond acceptors (Lipinski definition) is 3. The summed E-state index contributed by atoms with van der Waals surface area (Å²) in [4.78, 5) is 13.9. The second-order valence-corrected chi connectivity index (χ2v) is 1.99. The summed E-state index contributed by atoms with van der Waals surface area (Å²) in [5, 5.41) is 9.01. The Morgan fingerprint density at radius 2 is 2.40 bits per heavy atom. The van der Waals surface area contributed by atoms with Crippen molar-refractivity contribution in [3.8, 4) is 5.75 Å². The van der Waals surface area contributed by atoms with Gasteiger partial charge in [0.15, 0.2) is 6.29 Å². The first-order valence-electron chi connectivity index (χ1n) is 2.85. The number of aryl methyl sites for hydroxylation is 1. The van der Waals surface area contributed by atoms with Gasteiger partial charge in [0.2, 0.25) is 0 Å². The summed E-state index contributed by atoms with van der Waals surface area (Å²) in [5.74, 6) is 0.0598. The highest BCUT2D eigenvalue weighted by atomic mass is 16.3. The number of aromatic nitrogens is 1. The molecule has 0 bridgehead atoms. The lowest BCUT2D eigenvalue weighted by atomic mass is 10.2. The van der Waals surface area contributed by atoms with Crippen LogP contribution in [0.5, 0.6) is 5.75 Å². The Kier molecular flexibility index (Phi) is 1.67. The summed E-state index contributed by atoms with van der Waals surface area (Å²) < 4.78 is 0. The van der Waals surface area contributed by atoms with E-state index in [9.17, 15) is 4.79 Å². The molecule has 3 nitrogen and oxygen atoms in total. The molecular weight excluding hydrogens is 130 g/mol. The maximum Gasteiger partial charge on any atom is 0.151 e. The molecule has 0 radical (unpaired) electrons. The van der Waals surface area contributed by atoms with E-state index in [0.29, 0.717) is 17.5 Å². The van der Waals surface area contributed by atoms with Gasteiger partial charge in [-0.1, -0.05) is 0 Å². The van der Waals surface area contributed by atoms with Crippen molar-refractivity contribution in [3.05, 3.63) is 23.5 Å². The third-order valence-corrected chi connectivity index (χ3v) is 1.22. The molecule has 1 heterocycles. The summed E-state index contributed by atoms with van der Waals surface area (Å²) in [7, 11) is 0. The van der Waals surface area contributed by atoms with E-state index in [-0.39, 0.29) is 5.75 Å². The van der Waals surface area contributed by atoms with E-state index in [4.69, 9.17) is 5.11 Å². The largest absolute Gasteiger partial charge is 0.506 e. The molecule has 0 fully saturated rings. The van der Waals surface area contributed by atoms with E-state index >= 15 is 0 Å². The van der Waals surface area contributed by atoms with Crippen molar-refractivity contribution in [1.82, 2.24) is 4.98 Å². The quantitative estimate of drug-likeness (QED) is 0.585. The van der Waals surface area contributed by atoms with Gasteiger partial charge in [0.25, 0.3) is 0 Å². The number of carbonyl (C=O) groups excluding carboxylic acids is 1. The molecule has 52 valence electrons. The zero-order valence-corrected chi connectivity index (χ0v) is 5.53. The van der Waals surface area contributed by atoms with Crippen LogP contribution in [-0.2, 0) is 0 Å². The average Bonchev–Trinajstić information content (AvgIpc) is 1.95.